The molecule has 0 radical (unpaired) electrons. The first-order valence-corrected chi connectivity index (χ1v) is 4.97. The molecule has 11 heavy (non-hydrogen) atoms. The molecule has 0 spiro atoms. The first-order chi connectivity index (χ1) is 5.29. The van der Waals surface area contributed by atoms with E-state index in [1.165, 1.54) is 32.1 Å². The Bertz CT molecular complexity index is 89.0. The maximum absolute atomic E-state index is 9.43. The molecular formula is C10H20O. The Morgan fingerprint density at radius 3 is 2.27 bits per heavy atom. The molecule has 1 saturated carbocycles. The number of aliphatic hydroxyl groups excluding tert-OH is 1. The summed E-state index contributed by atoms with van der Waals surface area (Å²) in [5.41, 5.74) is 0. The van der Waals surface area contributed by atoms with Gasteiger partial charge in [0.05, 0.1) is 6.10 Å². The zero-order valence-electron chi connectivity index (χ0n) is 7.55. The van der Waals surface area contributed by atoms with Crippen LogP contribution in [-0.2, 0) is 0 Å². The van der Waals surface area contributed by atoms with E-state index in [1.54, 1.807) is 0 Å². The largest absolute Gasteiger partial charge is 0.393 e. The first-order valence-electron chi connectivity index (χ1n) is 4.97. The summed E-state index contributed by atoms with van der Waals surface area (Å²) in [5, 5.41) is 9.43. The molecule has 0 heterocycles. The Morgan fingerprint density at radius 2 is 1.45 bits per heavy atom. The van der Waals surface area contributed by atoms with Crippen LogP contribution in [0.25, 0.3) is 0 Å². The minimum atomic E-state index is 0.000278. The molecule has 0 bridgehead atoms. The standard InChI is InChI=1S/C10H20O/c1-9-5-2-3-7-10(11)8-4-6-9/h9-11H,2-8H2,1H3. The first kappa shape index (κ1) is 9.05. The summed E-state index contributed by atoms with van der Waals surface area (Å²) in [6.45, 7) is 2.33. The maximum atomic E-state index is 9.43. The van der Waals surface area contributed by atoms with Crippen molar-refractivity contribution in [3.63, 3.8) is 0 Å². The summed E-state index contributed by atoms with van der Waals surface area (Å²) >= 11 is 0. The second kappa shape index (κ2) is 4.76. The average Bonchev–Trinajstić information content (AvgIpc) is 2.04. The summed E-state index contributed by atoms with van der Waals surface area (Å²) in [5.74, 6) is 0.889. The number of hydrogen-bond acceptors (Lipinski definition) is 1. The molecule has 66 valence electrons. The Balaban J connectivity index is 2.24. The van der Waals surface area contributed by atoms with Gasteiger partial charge in [0.25, 0.3) is 0 Å². The van der Waals surface area contributed by atoms with Gasteiger partial charge in [0.2, 0.25) is 0 Å². The quantitative estimate of drug-likeness (QED) is 0.571. The number of rotatable bonds is 0. The summed E-state index contributed by atoms with van der Waals surface area (Å²) in [4.78, 5) is 0. The van der Waals surface area contributed by atoms with Crippen LogP contribution in [0.1, 0.15) is 51.9 Å². The normalized spacial score (nSPS) is 35.5. The van der Waals surface area contributed by atoms with E-state index in [2.05, 4.69) is 6.92 Å². The Hall–Kier alpha value is -0.0400. The predicted molar refractivity (Wildman–Crippen MR) is 47.5 cm³/mol. The molecule has 2 unspecified atom stereocenters. The summed E-state index contributed by atoms with van der Waals surface area (Å²) < 4.78 is 0. The highest BCUT2D eigenvalue weighted by atomic mass is 16.3. The summed E-state index contributed by atoms with van der Waals surface area (Å²) in [6, 6.07) is 0. The van der Waals surface area contributed by atoms with Gasteiger partial charge < -0.3 is 5.11 Å². The fourth-order valence-corrected chi connectivity index (χ4v) is 1.86. The molecule has 1 N–H and O–H groups in total. The van der Waals surface area contributed by atoms with E-state index in [4.69, 9.17) is 0 Å². The summed E-state index contributed by atoms with van der Waals surface area (Å²) in [7, 11) is 0. The molecule has 0 aromatic rings. The lowest BCUT2D eigenvalue weighted by Crippen LogP contribution is -2.04. The zero-order chi connectivity index (χ0) is 8.10. The van der Waals surface area contributed by atoms with Crippen molar-refractivity contribution in [2.24, 2.45) is 5.92 Å². The van der Waals surface area contributed by atoms with Gasteiger partial charge in [-0.3, -0.25) is 0 Å². The van der Waals surface area contributed by atoms with Crippen molar-refractivity contribution < 1.29 is 5.11 Å². The summed E-state index contributed by atoms with van der Waals surface area (Å²) in [6.07, 6.45) is 8.52. The van der Waals surface area contributed by atoms with Crippen LogP contribution in [0.15, 0.2) is 0 Å². The van der Waals surface area contributed by atoms with Crippen molar-refractivity contribution in [3.8, 4) is 0 Å². The van der Waals surface area contributed by atoms with E-state index >= 15 is 0 Å². The van der Waals surface area contributed by atoms with E-state index < -0.39 is 0 Å². The highest BCUT2D eigenvalue weighted by Gasteiger charge is 2.09. The topological polar surface area (TPSA) is 20.2 Å². The molecule has 0 aliphatic heterocycles. The minimum absolute atomic E-state index is 0.000278. The van der Waals surface area contributed by atoms with E-state index in [1.807, 2.05) is 0 Å². The molecule has 2 atom stereocenters. The molecule has 1 fully saturated rings. The van der Waals surface area contributed by atoms with Crippen LogP contribution >= 0.6 is 0 Å². The van der Waals surface area contributed by atoms with Gasteiger partial charge in [-0.05, 0) is 18.8 Å². The number of hydrogen-bond donors (Lipinski definition) is 1. The van der Waals surface area contributed by atoms with Gasteiger partial charge in [-0.1, -0.05) is 39.0 Å². The van der Waals surface area contributed by atoms with Gasteiger partial charge in [0.1, 0.15) is 0 Å². The van der Waals surface area contributed by atoms with Crippen molar-refractivity contribution in [2.45, 2.75) is 58.0 Å². The second-order valence-electron chi connectivity index (χ2n) is 3.97. The van der Waals surface area contributed by atoms with Crippen molar-refractivity contribution in [3.05, 3.63) is 0 Å². The van der Waals surface area contributed by atoms with E-state index in [0.717, 1.165) is 18.8 Å². The van der Waals surface area contributed by atoms with Gasteiger partial charge in [-0.15, -0.1) is 0 Å². The van der Waals surface area contributed by atoms with Gasteiger partial charge in [-0.2, -0.15) is 0 Å². The average molecular weight is 156 g/mol. The van der Waals surface area contributed by atoms with Crippen LogP contribution in [0.2, 0.25) is 0 Å². The highest BCUT2D eigenvalue weighted by molar-refractivity contribution is 4.63. The predicted octanol–water partition coefficient (Wildman–Crippen LogP) is 2.73. The van der Waals surface area contributed by atoms with Gasteiger partial charge in [0.15, 0.2) is 0 Å². The highest BCUT2D eigenvalue weighted by Crippen LogP contribution is 2.21. The monoisotopic (exact) mass is 156 g/mol. The Morgan fingerprint density at radius 1 is 0.909 bits per heavy atom. The third kappa shape index (κ3) is 3.76. The van der Waals surface area contributed by atoms with Crippen molar-refractivity contribution in [1.82, 2.24) is 0 Å². The zero-order valence-corrected chi connectivity index (χ0v) is 7.55. The van der Waals surface area contributed by atoms with Crippen molar-refractivity contribution in [2.75, 3.05) is 0 Å². The third-order valence-electron chi connectivity index (χ3n) is 2.72. The van der Waals surface area contributed by atoms with Crippen LogP contribution in [0.4, 0.5) is 0 Å². The molecule has 1 nitrogen and oxygen atoms in total. The molecular weight excluding hydrogens is 136 g/mol. The molecule has 1 heteroatoms. The fraction of sp³-hybridized carbons (Fsp3) is 1.00. The fourth-order valence-electron chi connectivity index (χ4n) is 1.86. The van der Waals surface area contributed by atoms with Gasteiger partial charge >= 0.3 is 0 Å². The SMILES string of the molecule is CC1CCCCC(O)CCC1. The lowest BCUT2D eigenvalue weighted by atomic mass is 9.99. The van der Waals surface area contributed by atoms with Crippen molar-refractivity contribution in [1.29, 1.82) is 0 Å². The smallest absolute Gasteiger partial charge is 0.0540 e. The van der Waals surface area contributed by atoms with E-state index in [0.29, 0.717) is 0 Å². The number of aliphatic hydroxyl groups is 1. The lowest BCUT2D eigenvalue weighted by Gasteiger charge is -2.08. The van der Waals surface area contributed by atoms with Crippen LogP contribution in [0.5, 0.6) is 0 Å². The van der Waals surface area contributed by atoms with E-state index in [-0.39, 0.29) is 6.10 Å². The van der Waals surface area contributed by atoms with Crippen LogP contribution < -0.4 is 0 Å². The molecule has 0 aromatic carbocycles. The van der Waals surface area contributed by atoms with Gasteiger partial charge in [-0.25, -0.2) is 0 Å². The molecule has 0 amide bonds. The lowest BCUT2D eigenvalue weighted by molar-refractivity contribution is 0.150. The third-order valence-corrected chi connectivity index (χ3v) is 2.72. The van der Waals surface area contributed by atoms with Gasteiger partial charge in [0, 0.05) is 0 Å². The van der Waals surface area contributed by atoms with Crippen LogP contribution in [0, 0.1) is 5.92 Å². The molecule has 1 rings (SSSR count). The van der Waals surface area contributed by atoms with Crippen LogP contribution in [-0.4, -0.2) is 11.2 Å². The Kier molecular flexibility index (Phi) is 3.92. The van der Waals surface area contributed by atoms with Crippen LogP contribution in [0.3, 0.4) is 0 Å². The molecule has 0 saturated heterocycles. The maximum Gasteiger partial charge on any atom is 0.0540 e. The Labute approximate surface area is 69.8 Å². The van der Waals surface area contributed by atoms with Crippen molar-refractivity contribution >= 4 is 0 Å². The van der Waals surface area contributed by atoms with E-state index in [9.17, 15) is 5.11 Å². The second-order valence-corrected chi connectivity index (χ2v) is 3.97. The molecule has 1 aliphatic carbocycles. The minimum Gasteiger partial charge on any atom is -0.393 e. The molecule has 0 aromatic heterocycles. The molecule has 1 aliphatic rings.